The first-order valence-corrected chi connectivity index (χ1v) is 15.7. The summed E-state index contributed by atoms with van der Waals surface area (Å²) in [6.45, 7) is 2.13. The number of benzene rings is 5. The van der Waals surface area contributed by atoms with Crippen LogP contribution in [0.2, 0.25) is 0 Å². The Kier molecular flexibility index (Phi) is 7.69. The van der Waals surface area contributed by atoms with Gasteiger partial charge in [0.1, 0.15) is 0 Å². The molecule has 0 N–H and O–H groups in total. The van der Waals surface area contributed by atoms with Gasteiger partial charge in [-0.05, 0) is 95.5 Å². The second kappa shape index (κ2) is 12.2. The van der Waals surface area contributed by atoms with Crippen molar-refractivity contribution in [3.63, 3.8) is 0 Å². The predicted octanol–water partition coefficient (Wildman–Crippen LogP) is 11.3. The number of nitrogens with zero attached hydrogens (tertiary/aromatic N) is 1. The lowest BCUT2D eigenvalue weighted by molar-refractivity contribution is 0.768. The first-order chi connectivity index (χ1) is 21.8. The number of hydrogen-bond donors (Lipinski definition) is 0. The van der Waals surface area contributed by atoms with Crippen LogP contribution in [0.5, 0.6) is 0 Å². The standard InChI is InChI=1S/C43H37N/c1-2-36(24-16-19-33-17-6-3-7-18-33)44(37-22-10-5-11-23-37)38-31-29-35(30-32-38)43(34-20-8-4-9-21-34)41-27-14-12-25-39(41)40-26-13-15-28-42(40)43/h2,4-6,8-18,20-32H,3,7,19H2,1H3. The maximum absolute atomic E-state index is 2.36. The Morgan fingerprint density at radius 2 is 1.20 bits per heavy atom. The van der Waals surface area contributed by atoms with Crippen LogP contribution in [-0.4, -0.2) is 0 Å². The maximum atomic E-state index is 2.36. The van der Waals surface area contributed by atoms with Crippen molar-refractivity contribution in [3.8, 4) is 11.1 Å². The van der Waals surface area contributed by atoms with E-state index in [0.29, 0.717) is 0 Å². The second-order valence-electron chi connectivity index (χ2n) is 11.5. The normalized spacial score (nSPS) is 15.1. The van der Waals surface area contributed by atoms with Crippen LogP contribution in [-0.2, 0) is 5.41 Å². The van der Waals surface area contributed by atoms with Crippen LogP contribution in [0.15, 0.2) is 181 Å². The molecule has 2 aliphatic rings. The Bertz CT molecular complexity index is 1830. The van der Waals surface area contributed by atoms with Gasteiger partial charge in [-0.15, -0.1) is 0 Å². The van der Waals surface area contributed by atoms with Gasteiger partial charge in [-0.2, -0.15) is 0 Å². The Morgan fingerprint density at radius 1 is 0.636 bits per heavy atom. The van der Waals surface area contributed by atoms with Gasteiger partial charge in [0.05, 0.1) is 5.41 Å². The van der Waals surface area contributed by atoms with E-state index in [1.807, 2.05) is 0 Å². The predicted molar refractivity (Wildman–Crippen MR) is 186 cm³/mol. The van der Waals surface area contributed by atoms with Crippen LogP contribution in [0.3, 0.4) is 0 Å². The molecule has 7 rings (SSSR count). The number of fused-ring (bicyclic) bond motifs is 3. The van der Waals surface area contributed by atoms with E-state index in [2.05, 4.69) is 182 Å². The van der Waals surface area contributed by atoms with E-state index in [1.54, 1.807) is 0 Å². The highest BCUT2D eigenvalue weighted by Crippen LogP contribution is 2.56. The quantitative estimate of drug-likeness (QED) is 0.165. The van der Waals surface area contributed by atoms with Crippen LogP contribution in [0, 0.1) is 0 Å². The fourth-order valence-electron chi connectivity index (χ4n) is 7.03. The van der Waals surface area contributed by atoms with Gasteiger partial charge in [-0.25, -0.2) is 0 Å². The molecule has 0 fully saturated rings. The monoisotopic (exact) mass is 567 g/mol. The molecule has 0 spiro atoms. The van der Waals surface area contributed by atoms with Crippen molar-refractivity contribution in [3.05, 3.63) is 203 Å². The third-order valence-electron chi connectivity index (χ3n) is 9.00. The molecular formula is C43H37N. The van der Waals surface area contributed by atoms with Crippen LogP contribution in [0.4, 0.5) is 11.4 Å². The first-order valence-electron chi connectivity index (χ1n) is 15.7. The molecule has 0 aliphatic heterocycles. The number of anilines is 2. The van der Waals surface area contributed by atoms with E-state index >= 15 is 0 Å². The smallest absolute Gasteiger partial charge is 0.0713 e. The van der Waals surface area contributed by atoms with Gasteiger partial charge < -0.3 is 4.90 Å². The molecule has 5 aromatic rings. The van der Waals surface area contributed by atoms with Crippen molar-refractivity contribution < 1.29 is 0 Å². The summed E-state index contributed by atoms with van der Waals surface area (Å²) in [6, 6.07) is 48.8. The van der Waals surface area contributed by atoms with Crippen LogP contribution in [0.25, 0.3) is 11.1 Å². The molecule has 0 bridgehead atoms. The summed E-state index contributed by atoms with van der Waals surface area (Å²) >= 11 is 0. The van der Waals surface area contributed by atoms with Crippen molar-refractivity contribution in [2.45, 2.75) is 31.6 Å². The summed E-state index contributed by atoms with van der Waals surface area (Å²) in [4.78, 5) is 2.36. The molecule has 1 nitrogen and oxygen atoms in total. The highest BCUT2D eigenvalue weighted by molar-refractivity contribution is 5.86. The largest absolute Gasteiger partial charge is 0.311 e. The molecule has 0 heterocycles. The molecule has 0 atom stereocenters. The van der Waals surface area contributed by atoms with Gasteiger partial charge in [0.2, 0.25) is 0 Å². The van der Waals surface area contributed by atoms with Crippen molar-refractivity contribution in [2.75, 3.05) is 4.90 Å². The lowest BCUT2D eigenvalue weighted by atomic mass is 9.68. The topological polar surface area (TPSA) is 3.24 Å². The number of rotatable bonds is 8. The first kappa shape index (κ1) is 27.7. The zero-order valence-corrected chi connectivity index (χ0v) is 25.2. The highest BCUT2D eigenvalue weighted by Gasteiger charge is 2.45. The Labute approximate surface area is 261 Å². The van der Waals surface area contributed by atoms with Crippen molar-refractivity contribution in [1.29, 1.82) is 0 Å². The molecule has 0 saturated heterocycles. The van der Waals surface area contributed by atoms with E-state index in [9.17, 15) is 0 Å². The second-order valence-corrected chi connectivity index (χ2v) is 11.5. The van der Waals surface area contributed by atoms with E-state index in [0.717, 1.165) is 36.3 Å². The Morgan fingerprint density at radius 3 is 1.82 bits per heavy atom. The summed E-state index contributed by atoms with van der Waals surface area (Å²) in [5, 5.41) is 0. The van der Waals surface area contributed by atoms with Gasteiger partial charge in [0.25, 0.3) is 0 Å². The summed E-state index contributed by atoms with van der Waals surface area (Å²) < 4.78 is 0. The molecule has 0 aromatic heterocycles. The third kappa shape index (κ3) is 4.85. The molecule has 5 aromatic carbocycles. The number of hydrogen-bond acceptors (Lipinski definition) is 1. The molecular weight excluding hydrogens is 530 g/mol. The van der Waals surface area contributed by atoms with E-state index < -0.39 is 5.41 Å². The van der Waals surface area contributed by atoms with Crippen molar-refractivity contribution >= 4 is 11.4 Å². The Balaban J connectivity index is 1.34. The summed E-state index contributed by atoms with van der Waals surface area (Å²) in [5.74, 6) is 0. The van der Waals surface area contributed by atoms with E-state index in [4.69, 9.17) is 0 Å². The summed E-state index contributed by atoms with van der Waals surface area (Å²) in [5.41, 5.74) is 12.3. The van der Waals surface area contributed by atoms with Crippen LogP contribution in [0.1, 0.15) is 48.4 Å². The van der Waals surface area contributed by atoms with Gasteiger partial charge in [0.15, 0.2) is 0 Å². The summed E-state index contributed by atoms with van der Waals surface area (Å²) in [7, 11) is 0. The van der Waals surface area contributed by atoms with Crippen LogP contribution < -0.4 is 4.90 Å². The number of allylic oxidation sites excluding steroid dienone is 7. The molecule has 214 valence electrons. The fraction of sp³-hybridized carbons (Fsp3) is 0.116. The van der Waals surface area contributed by atoms with Gasteiger partial charge in [-0.3, -0.25) is 0 Å². The molecule has 0 saturated carbocycles. The van der Waals surface area contributed by atoms with Crippen molar-refractivity contribution in [2.24, 2.45) is 0 Å². The fourth-order valence-corrected chi connectivity index (χ4v) is 7.03. The third-order valence-corrected chi connectivity index (χ3v) is 9.00. The van der Waals surface area contributed by atoms with E-state index in [-0.39, 0.29) is 0 Å². The minimum Gasteiger partial charge on any atom is -0.311 e. The average Bonchev–Trinajstić information content (AvgIpc) is 3.40. The van der Waals surface area contributed by atoms with Gasteiger partial charge >= 0.3 is 0 Å². The van der Waals surface area contributed by atoms with Crippen molar-refractivity contribution in [1.82, 2.24) is 0 Å². The minimum atomic E-state index is -0.394. The number of para-hydroxylation sites is 1. The highest BCUT2D eigenvalue weighted by atomic mass is 15.1. The van der Waals surface area contributed by atoms with E-state index in [1.165, 1.54) is 39.0 Å². The van der Waals surface area contributed by atoms with Gasteiger partial charge in [0, 0.05) is 17.1 Å². The maximum Gasteiger partial charge on any atom is 0.0713 e. The molecule has 44 heavy (non-hydrogen) atoms. The molecule has 0 unspecified atom stereocenters. The molecule has 2 aliphatic carbocycles. The molecule has 0 radical (unpaired) electrons. The minimum absolute atomic E-state index is 0.394. The average molecular weight is 568 g/mol. The van der Waals surface area contributed by atoms with Gasteiger partial charge in [-0.1, -0.05) is 140 Å². The van der Waals surface area contributed by atoms with Crippen LogP contribution >= 0.6 is 0 Å². The lowest BCUT2D eigenvalue weighted by Gasteiger charge is -2.34. The zero-order chi connectivity index (χ0) is 29.8. The molecule has 0 amide bonds. The Hall–Kier alpha value is -5.14. The SMILES string of the molecule is CC=C(C=CCC1=CCCC=C1)N(c1ccccc1)c1ccc(C2(c3ccccc3)c3ccccc3-c3ccccc32)cc1. The molecule has 1 heteroatoms. The lowest BCUT2D eigenvalue weighted by Crippen LogP contribution is -2.28. The summed E-state index contributed by atoms with van der Waals surface area (Å²) in [6.07, 6.45) is 16.9. The zero-order valence-electron chi connectivity index (χ0n) is 25.2.